The Labute approximate surface area is 135 Å². The summed E-state index contributed by atoms with van der Waals surface area (Å²) in [6.45, 7) is 4.14. The molecule has 23 heavy (non-hydrogen) atoms. The van der Waals surface area contributed by atoms with E-state index in [9.17, 15) is 4.79 Å². The van der Waals surface area contributed by atoms with Crippen LogP contribution in [0.2, 0.25) is 0 Å². The Morgan fingerprint density at radius 1 is 1.22 bits per heavy atom. The second-order valence-corrected chi connectivity index (χ2v) is 6.45. The summed E-state index contributed by atoms with van der Waals surface area (Å²) in [4.78, 5) is 20.0. The van der Waals surface area contributed by atoms with Crippen molar-refractivity contribution in [3.05, 3.63) is 17.8 Å². The van der Waals surface area contributed by atoms with Gasteiger partial charge in [0.2, 0.25) is 0 Å². The zero-order valence-corrected chi connectivity index (χ0v) is 13.4. The van der Waals surface area contributed by atoms with Gasteiger partial charge in [0.05, 0.1) is 31.0 Å². The normalized spacial score (nSPS) is 30.6. The van der Waals surface area contributed by atoms with Crippen LogP contribution >= 0.6 is 0 Å². The van der Waals surface area contributed by atoms with Crippen LogP contribution in [-0.2, 0) is 14.4 Å². The van der Waals surface area contributed by atoms with Crippen LogP contribution in [0.4, 0.5) is 5.82 Å². The van der Waals surface area contributed by atoms with Gasteiger partial charge in [-0.05, 0) is 44.7 Å². The third-order valence-electron chi connectivity index (χ3n) is 4.90. The van der Waals surface area contributed by atoms with E-state index in [0.29, 0.717) is 13.2 Å². The minimum atomic E-state index is -0.363. The van der Waals surface area contributed by atoms with E-state index in [0.717, 1.165) is 43.7 Å². The molecule has 1 amide bonds. The molecular weight excluding hydrogens is 296 g/mol. The molecule has 1 aromatic heterocycles. The van der Waals surface area contributed by atoms with E-state index >= 15 is 0 Å². The number of fused-ring (bicyclic) bond motifs is 1. The first-order chi connectivity index (χ1) is 11.2. The number of hydrogen-bond donors (Lipinski definition) is 0. The van der Waals surface area contributed by atoms with E-state index in [4.69, 9.17) is 9.57 Å². The minimum Gasteiger partial charge on any atom is -0.363 e. The molecule has 0 N–H and O–H groups in total. The molecule has 7 heteroatoms. The van der Waals surface area contributed by atoms with Crippen LogP contribution in [0.25, 0.3) is 0 Å². The van der Waals surface area contributed by atoms with Crippen LogP contribution < -0.4 is 4.90 Å². The monoisotopic (exact) mass is 318 g/mol. The molecule has 3 aliphatic rings. The van der Waals surface area contributed by atoms with Gasteiger partial charge in [0.1, 0.15) is 6.10 Å². The summed E-state index contributed by atoms with van der Waals surface area (Å²) in [5.74, 6) is 0.883. The van der Waals surface area contributed by atoms with Crippen LogP contribution in [0.3, 0.4) is 0 Å². The van der Waals surface area contributed by atoms with Gasteiger partial charge in [-0.3, -0.25) is 9.63 Å². The Morgan fingerprint density at radius 2 is 2.13 bits per heavy atom. The lowest BCUT2D eigenvalue weighted by Crippen LogP contribution is -2.48. The van der Waals surface area contributed by atoms with Crippen molar-refractivity contribution < 1.29 is 14.4 Å². The second-order valence-electron chi connectivity index (χ2n) is 6.45. The van der Waals surface area contributed by atoms with Gasteiger partial charge >= 0.3 is 0 Å². The van der Waals surface area contributed by atoms with Gasteiger partial charge in [-0.15, -0.1) is 5.10 Å². The number of hydrogen-bond acceptors (Lipinski definition) is 6. The molecule has 0 aliphatic carbocycles. The molecule has 3 fully saturated rings. The van der Waals surface area contributed by atoms with Gasteiger partial charge in [0, 0.05) is 6.54 Å². The lowest BCUT2D eigenvalue weighted by molar-refractivity contribution is -0.187. The number of carbonyl (C=O) groups excluding carboxylic acids is 1. The Kier molecular flexibility index (Phi) is 3.90. The van der Waals surface area contributed by atoms with Gasteiger partial charge in [-0.1, -0.05) is 0 Å². The van der Waals surface area contributed by atoms with Crippen molar-refractivity contribution >= 4 is 11.7 Å². The van der Waals surface area contributed by atoms with E-state index in [2.05, 4.69) is 15.1 Å². The van der Waals surface area contributed by atoms with Crippen molar-refractivity contribution in [2.24, 2.45) is 0 Å². The molecule has 3 aliphatic heterocycles. The van der Waals surface area contributed by atoms with E-state index in [1.165, 1.54) is 5.06 Å². The first-order valence-corrected chi connectivity index (χ1v) is 8.39. The lowest BCUT2D eigenvalue weighted by atomic mass is 9.98. The smallest absolute Gasteiger partial charge is 0.275 e. The number of carbonyl (C=O) groups is 1. The van der Waals surface area contributed by atoms with Crippen LogP contribution in [0.5, 0.6) is 0 Å². The number of aromatic nitrogens is 2. The van der Waals surface area contributed by atoms with Crippen molar-refractivity contribution in [3.8, 4) is 0 Å². The Bertz CT molecular complexity index is 573. The summed E-state index contributed by atoms with van der Waals surface area (Å²) in [5, 5.41) is 9.92. The summed E-state index contributed by atoms with van der Waals surface area (Å²) in [7, 11) is 0. The average molecular weight is 318 g/mol. The summed E-state index contributed by atoms with van der Waals surface area (Å²) in [6, 6.07) is 4.28. The lowest BCUT2D eigenvalue weighted by Gasteiger charge is -2.36. The van der Waals surface area contributed by atoms with Crippen LogP contribution in [0, 0.1) is 6.92 Å². The zero-order chi connectivity index (χ0) is 15.8. The molecule has 0 bridgehead atoms. The number of amides is 1. The van der Waals surface area contributed by atoms with E-state index in [1.807, 2.05) is 19.1 Å². The zero-order valence-electron chi connectivity index (χ0n) is 13.4. The molecule has 4 heterocycles. The highest BCUT2D eigenvalue weighted by atomic mass is 16.7. The van der Waals surface area contributed by atoms with E-state index < -0.39 is 0 Å². The summed E-state index contributed by atoms with van der Waals surface area (Å²) in [6.07, 6.45) is 3.22. The van der Waals surface area contributed by atoms with Gasteiger partial charge in [-0.25, -0.2) is 5.06 Å². The number of rotatable bonds is 2. The number of aryl methyl sites for hydroxylation is 1. The molecule has 0 aromatic carbocycles. The maximum atomic E-state index is 12.4. The van der Waals surface area contributed by atoms with Crippen LogP contribution in [-0.4, -0.2) is 59.1 Å². The molecular formula is C16H22N4O3. The van der Waals surface area contributed by atoms with Crippen molar-refractivity contribution in [3.63, 3.8) is 0 Å². The molecule has 0 spiro atoms. The van der Waals surface area contributed by atoms with Gasteiger partial charge in [0.25, 0.3) is 5.91 Å². The summed E-state index contributed by atoms with van der Waals surface area (Å²) in [5.41, 5.74) is 0.917. The van der Waals surface area contributed by atoms with Crippen LogP contribution in [0.15, 0.2) is 12.1 Å². The predicted molar refractivity (Wildman–Crippen MR) is 82.7 cm³/mol. The largest absolute Gasteiger partial charge is 0.363 e. The molecule has 1 aromatic rings. The highest BCUT2D eigenvalue weighted by molar-refractivity contribution is 5.80. The number of ether oxygens (including phenoxy) is 1. The predicted octanol–water partition coefficient (Wildman–Crippen LogP) is 1.08. The molecule has 0 saturated carbocycles. The Hall–Kier alpha value is -1.73. The molecule has 3 saturated heterocycles. The Morgan fingerprint density at radius 3 is 2.87 bits per heavy atom. The number of hydroxylamine groups is 2. The SMILES string of the molecule is Cc1ccc(N2CC[C@H]3O[C@@H](C(=O)N4CCCO4)CC[C@H]32)nn1. The third-order valence-corrected chi connectivity index (χ3v) is 4.90. The molecule has 7 nitrogen and oxygen atoms in total. The highest BCUT2D eigenvalue weighted by Gasteiger charge is 2.43. The number of anilines is 1. The average Bonchev–Trinajstić information content (AvgIpc) is 3.24. The number of nitrogens with zero attached hydrogens (tertiary/aromatic N) is 4. The molecule has 0 radical (unpaired) electrons. The van der Waals surface area contributed by atoms with E-state index in [-0.39, 0.29) is 24.2 Å². The topological polar surface area (TPSA) is 67.8 Å². The maximum Gasteiger partial charge on any atom is 0.275 e. The molecule has 0 unspecified atom stereocenters. The fourth-order valence-corrected chi connectivity index (χ4v) is 3.72. The third kappa shape index (κ3) is 2.79. The highest BCUT2D eigenvalue weighted by Crippen LogP contribution is 2.34. The molecule has 4 rings (SSSR count). The second kappa shape index (κ2) is 6.05. The first kappa shape index (κ1) is 14.8. The Balaban J connectivity index is 1.42. The van der Waals surface area contributed by atoms with Gasteiger partial charge < -0.3 is 9.64 Å². The summed E-state index contributed by atoms with van der Waals surface area (Å²) >= 11 is 0. The molecule has 124 valence electrons. The van der Waals surface area contributed by atoms with Gasteiger partial charge in [-0.2, -0.15) is 5.10 Å². The quantitative estimate of drug-likeness (QED) is 0.813. The standard InChI is InChI=1S/C16H22N4O3/c1-11-3-6-15(18-17-11)19-9-7-13-12(19)4-5-14(23-13)16(21)20-8-2-10-22-20/h3,6,12-14H,2,4-5,7-10H2,1H3/t12-,13-,14-/m1/s1. The van der Waals surface area contributed by atoms with Gasteiger partial charge in [0.15, 0.2) is 5.82 Å². The van der Waals surface area contributed by atoms with Crippen molar-refractivity contribution in [2.75, 3.05) is 24.6 Å². The van der Waals surface area contributed by atoms with Crippen LogP contribution in [0.1, 0.15) is 31.4 Å². The minimum absolute atomic E-state index is 0.0190. The first-order valence-electron chi connectivity index (χ1n) is 8.39. The fourth-order valence-electron chi connectivity index (χ4n) is 3.72. The van der Waals surface area contributed by atoms with Crippen molar-refractivity contribution in [2.45, 2.75) is 50.9 Å². The molecule has 3 atom stereocenters. The van der Waals surface area contributed by atoms with Crippen molar-refractivity contribution in [1.29, 1.82) is 0 Å². The maximum absolute atomic E-state index is 12.4. The summed E-state index contributed by atoms with van der Waals surface area (Å²) < 4.78 is 6.10. The van der Waals surface area contributed by atoms with Crippen molar-refractivity contribution in [1.82, 2.24) is 15.3 Å². The fraction of sp³-hybridized carbons (Fsp3) is 0.688. The van der Waals surface area contributed by atoms with E-state index in [1.54, 1.807) is 0 Å².